The third-order valence-corrected chi connectivity index (χ3v) is 5.50. The highest BCUT2D eigenvalue weighted by Gasteiger charge is 2.22. The van der Waals surface area contributed by atoms with E-state index in [4.69, 9.17) is 23.2 Å². The number of carbonyl (C=O) groups is 2. The number of hydrogen-bond donors (Lipinski definition) is 2. The Labute approximate surface area is 191 Å². The first-order valence-corrected chi connectivity index (χ1v) is 11.8. The van der Waals surface area contributed by atoms with Crippen LogP contribution in [0, 0.1) is 0 Å². The summed E-state index contributed by atoms with van der Waals surface area (Å²) in [6, 6.07) is 14.1. The fraction of sp³-hybridized carbons (Fsp3) is 0.238. The number of amides is 2. The lowest BCUT2D eigenvalue weighted by Crippen LogP contribution is -2.40. The maximum Gasteiger partial charge on any atom is 0.299 e. The van der Waals surface area contributed by atoms with E-state index in [1.807, 2.05) is 24.3 Å². The number of aliphatic hydroxyl groups is 1. The molecule has 31 heavy (non-hydrogen) atoms. The molecule has 2 amide bonds. The lowest BCUT2D eigenvalue weighted by molar-refractivity contribution is -0.127. The highest BCUT2D eigenvalue weighted by molar-refractivity contribution is 7.89. The van der Waals surface area contributed by atoms with Gasteiger partial charge in [-0.25, -0.2) is 13.1 Å². The molecule has 0 aliphatic heterocycles. The summed E-state index contributed by atoms with van der Waals surface area (Å²) in [7, 11) is -2.34. The number of nitrogens with one attached hydrogen (secondary N) is 1. The van der Waals surface area contributed by atoms with E-state index in [0.29, 0.717) is 29.0 Å². The molecule has 0 heterocycles. The summed E-state index contributed by atoms with van der Waals surface area (Å²) >= 11 is 11.9. The van der Waals surface area contributed by atoms with E-state index in [0.717, 1.165) is 17.4 Å². The summed E-state index contributed by atoms with van der Waals surface area (Å²) in [5.41, 5.74) is 1.87. The molecule has 7 nitrogen and oxygen atoms in total. The van der Waals surface area contributed by atoms with Crippen LogP contribution in [0.25, 0.3) is 0 Å². The number of carbonyl (C=O) groups excluding carboxylic acids is 2. The van der Waals surface area contributed by atoms with Gasteiger partial charge in [0.1, 0.15) is 0 Å². The Hall–Kier alpha value is -2.55. The maximum absolute atomic E-state index is 12.7. The lowest BCUT2D eigenvalue weighted by Gasteiger charge is -2.28. The number of halogens is 2. The van der Waals surface area contributed by atoms with E-state index in [9.17, 15) is 23.1 Å². The van der Waals surface area contributed by atoms with Gasteiger partial charge in [-0.15, -0.1) is 0 Å². The molecule has 0 unspecified atom stereocenters. The predicted octanol–water partition coefficient (Wildman–Crippen LogP) is 3.12. The minimum atomic E-state index is -3.88. The van der Waals surface area contributed by atoms with Crippen LogP contribution in [-0.2, 0) is 32.5 Å². The summed E-state index contributed by atoms with van der Waals surface area (Å²) in [5.74, 6) is -2.94. The van der Waals surface area contributed by atoms with Gasteiger partial charge >= 0.3 is 0 Å². The van der Waals surface area contributed by atoms with Crippen LogP contribution in [0.2, 0.25) is 10.0 Å². The molecule has 0 saturated carbocycles. The molecule has 2 N–H and O–H groups in total. The summed E-state index contributed by atoms with van der Waals surface area (Å²) in [6.45, 7) is 0. The maximum atomic E-state index is 12.7. The number of rotatable bonds is 8. The highest BCUT2D eigenvalue weighted by atomic mass is 35.5. The second-order valence-corrected chi connectivity index (χ2v) is 9.62. The Kier molecular flexibility index (Phi) is 8.50. The molecule has 0 aromatic heterocycles. The number of sulfonamides is 1. The minimum absolute atomic E-state index is 0.336. The Morgan fingerprint density at radius 3 is 1.81 bits per heavy atom. The van der Waals surface area contributed by atoms with Crippen molar-refractivity contribution in [2.24, 2.45) is 0 Å². The molecule has 166 valence electrons. The molecule has 0 bridgehead atoms. The van der Waals surface area contributed by atoms with E-state index in [2.05, 4.69) is 0 Å². The molecule has 0 spiro atoms. The average molecular weight is 485 g/mol. The van der Waals surface area contributed by atoms with Gasteiger partial charge in [-0.2, -0.15) is 0 Å². The molecule has 0 saturated heterocycles. The van der Waals surface area contributed by atoms with Crippen molar-refractivity contribution in [1.82, 2.24) is 9.62 Å². The van der Waals surface area contributed by atoms with Gasteiger partial charge in [0.15, 0.2) is 5.76 Å². The number of benzene rings is 2. The van der Waals surface area contributed by atoms with Crippen molar-refractivity contribution < 1.29 is 23.1 Å². The molecular weight excluding hydrogens is 463 g/mol. The van der Waals surface area contributed by atoms with Crippen LogP contribution in [0.4, 0.5) is 0 Å². The normalized spacial score (nSPS) is 12.0. The molecule has 2 rings (SSSR count). The van der Waals surface area contributed by atoms with Crippen molar-refractivity contribution in [2.75, 3.05) is 13.3 Å². The monoisotopic (exact) mass is 484 g/mol. The largest absolute Gasteiger partial charge is 0.503 e. The molecule has 2 aromatic rings. The first kappa shape index (κ1) is 24.7. The van der Waals surface area contributed by atoms with E-state index in [-0.39, 0.29) is 6.04 Å². The Morgan fingerprint density at radius 2 is 1.42 bits per heavy atom. The Balaban J connectivity index is 2.24. The van der Waals surface area contributed by atoms with Crippen LogP contribution in [0.3, 0.4) is 0 Å². The number of hydrogen-bond acceptors (Lipinski definition) is 5. The van der Waals surface area contributed by atoms with E-state index >= 15 is 0 Å². The van der Waals surface area contributed by atoms with Crippen molar-refractivity contribution in [3.05, 3.63) is 81.5 Å². The van der Waals surface area contributed by atoms with Crippen LogP contribution < -0.4 is 4.72 Å². The fourth-order valence-corrected chi connectivity index (χ4v) is 3.51. The van der Waals surface area contributed by atoms with Gasteiger partial charge in [0.2, 0.25) is 15.9 Å². The first-order chi connectivity index (χ1) is 14.4. The van der Waals surface area contributed by atoms with Crippen LogP contribution in [-0.4, -0.2) is 49.6 Å². The zero-order valence-corrected chi connectivity index (χ0v) is 19.2. The van der Waals surface area contributed by atoms with E-state index in [1.54, 1.807) is 29.0 Å². The van der Waals surface area contributed by atoms with E-state index < -0.39 is 27.6 Å². The quantitative estimate of drug-likeness (QED) is 0.442. The number of nitrogens with zero attached hydrogens (tertiary/aromatic N) is 1. The lowest BCUT2D eigenvalue weighted by atomic mass is 9.97. The smallest absolute Gasteiger partial charge is 0.299 e. The van der Waals surface area contributed by atoms with Gasteiger partial charge in [0.05, 0.1) is 12.3 Å². The first-order valence-electron chi connectivity index (χ1n) is 9.13. The van der Waals surface area contributed by atoms with Crippen molar-refractivity contribution >= 4 is 45.0 Å². The van der Waals surface area contributed by atoms with E-state index in [1.165, 1.54) is 11.9 Å². The molecule has 0 radical (unpaired) electrons. The van der Waals surface area contributed by atoms with Crippen LogP contribution in [0.15, 0.2) is 60.4 Å². The zero-order valence-electron chi connectivity index (χ0n) is 16.9. The van der Waals surface area contributed by atoms with Gasteiger partial charge in [0.25, 0.3) is 5.91 Å². The number of aliphatic hydroxyl groups excluding tert-OH is 1. The summed E-state index contributed by atoms with van der Waals surface area (Å²) in [5, 5.41) is 11.0. The van der Waals surface area contributed by atoms with Crippen molar-refractivity contribution in [1.29, 1.82) is 0 Å². The Bertz CT molecular complexity index is 1020. The van der Waals surface area contributed by atoms with Crippen molar-refractivity contribution in [2.45, 2.75) is 18.9 Å². The predicted molar refractivity (Wildman–Crippen MR) is 121 cm³/mol. The van der Waals surface area contributed by atoms with Crippen LogP contribution in [0.1, 0.15) is 11.1 Å². The van der Waals surface area contributed by atoms with Crippen molar-refractivity contribution in [3.8, 4) is 0 Å². The standard InChI is InChI=1S/C21H22Cl2N2O5S/c1-25(20(27)13-19(26)21(28)24-31(2,29)30)18(11-14-3-7-16(22)8-4-14)12-15-5-9-17(23)10-6-15/h3-10,13,18,26H,11-12H2,1-2H3,(H,24,28). The summed E-state index contributed by atoms with van der Waals surface area (Å²) < 4.78 is 23.9. The van der Waals surface area contributed by atoms with Gasteiger partial charge in [-0.05, 0) is 48.2 Å². The third kappa shape index (κ3) is 8.24. The Morgan fingerprint density at radius 1 is 1.00 bits per heavy atom. The third-order valence-electron chi connectivity index (χ3n) is 4.44. The molecule has 0 atom stereocenters. The topological polar surface area (TPSA) is 104 Å². The van der Waals surface area contributed by atoms with Crippen molar-refractivity contribution in [3.63, 3.8) is 0 Å². The summed E-state index contributed by atoms with van der Waals surface area (Å²) in [4.78, 5) is 25.8. The van der Waals surface area contributed by atoms with Crippen LogP contribution >= 0.6 is 23.2 Å². The molecule has 10 heteroatoms. The van der Waals surface area contributed by atoms with Crippen LogP contribution in [0.5, 0.6) is 0 Å². The minimum Gasteiger partial charge on any atom is -0.503 e. The second kappa shape index (κ2) is 10.7. The van der Waals surface area contributed by atoms with Gasteiger partial charge in [-0.3, -0.25) is 9.59 Å². The van der Waals surface area contributed by atoms with Gasteiger partial charge < -0.3 is 10.0 Å². The molecule has 0 fully saturated rings. The zero-order chi connectivity index (χ0) is 23.2. The number of likely N-dealkylation sites (N-methyl/N-ethyl adjacent to an activating group) is 1. The fourth-order valence-electron chi connectivity index (χ4n) is 2.82. The molecule has 0 aliphatic carbocycles. The summed E-state index contributed by atoms with van der Waals surface area (Å²) in [6.07, 6.45) is 2.41. The molecule has 0 aliphatic rings. The highest BCUT2D eigenvalue weighted by Crippen LogP contribution is 2.18. The van der Waals surface area contributed by atoms with Gasteiger partial charge in [0, 0.05) is 23.1 Å². The second-order valence-electron chi connectivity index (χ2n) is 7.00. The molecular formula is C21H22Cl2N2O5S. The average Bonchev–Trinajstić information content (AvgIpc) is 2.68. The SMILES string of the molecule is CN(C(=O)C=C(O)C(=O)NS(C)(=O)=O)C(Cc1ccc(Cl)cc1)Cc1ccc(Cl)cc1. The van der Waals surface area contributed by atoms with Gasteiger partial charge in [-0.1, -0.05) is 47.5 Å². The molecule has 2 aromatic carbocycles.